The lowest BCUT2D eigenvalue weighted by molar-refractivity contribution is -0.135. The molecule has 1 aliphatic carbocycles. The normalized spacial score (nSPS) is 17.6. The van der Waals surface area contributed by atoms with Crippen LogP contribution in [0.4, 0.5) is 0 Å². The van der Waals surface area contributed by atoms with Crippen LogP contribution in [0.15, 0.2) is 24.5 Å². The van der Waals surface area contributed by atoms with Gasteiger partial charge < -0.3 is 11.1 Å². The molecule has 1 fully saturated rings. The van der Waals surface area contributed by atoms with Crippen LogP contribution in [-0.4, -0.2) is 24.0 Å². The van der Waals surface area contributed by atoms with Crippen LogP contribution in [0.1, 0.15) is 38.7 Å². The summed E-state index contributed by atoms with van der Waals surface area (Å²) in [6, 6.07) is 3.97. The molecule has 0 aromatic carbocycles. The molecule has 1 aromatic rings. The van der Waals surface area contributed by atoms with Gasteiger partial charge >= 0.3 is 0 Å². The Bertz CT molecular complexity index is 432. The predicted octanol–water partition coefficient (Wildman–Crippen LogP) is 1.60. The van der Waals surface area contributed by atoms with Gasteiger partial charge in [0.2, 0.25) is 5.91 Å². The summed E-state index contributed by atoms with van der Waals surface area (Å²) < 4.78 is 0. The van der Waals surface area contributed by atoms with Crippen molar-refractivity contribution in [2.24, 2.45) is 11.1 Å². The van der Waals surface area contributed by atoms with Gasteiger partial charge in [-0.3, -0.25) is 9.78 Å². The van der Waals surface area contributed by atoms with Gasteiger partial charge in [0.1, 0.15) is 0 Å². The van der Waals surface area contributed by atoms with Crippen molar-refractivity contribution in [2.45, 2.75) is 38.5 Å². The molecule has 3 N–H and O–H groups in total. The molecule has 1 amide bonds. The molecule has 0 radical (unpaired) electrons. The fraction of sp³-hybridized carbons (Fsp3) is 0.600. The van der Waals surface area contributed by atoms with E-state index in [1.807, 2.05) is 18.3 Å². The summed E-state index contributed by atoms with van der Waals surface area (Å²) in [7, 11) is 0. The molecule has 19 heavy (non-hydrogen) atoms. The lowest BCUT2D eigenvalue weighted by atomic mass is 9.68. The Morgan fingerprint density at radius 2 is 2.26 bits per heavy atom. The molecular formula is C15H23N3O. The summed E-state index contributed by atoms with van der Waals surface area (Å²) in [6.07, 6.45) is 6.56. The van der Waals surface area contributed by atoms with Crippen LogP contribution in [-0.2, 0) is 10.2 Å². The molecule has 4 heteroatoms. The van der Waals surface area contributed by atoms with Crippen molar-refractivity contribution in [1.82, 2.24) is 10.3 Å². The summed E-state index contributed by atoms with van der Waals surface area (Å²) in [4.78, 5) is 16.4. The topological polar surface area (TPSA) is 68.0 Å². The monoisotopic (exact) mass is 261 g/mol. The molecule has 0 aliphatic heterocycles. The Balaban J connectivity index is 1.96. The Hall–Kier alpha value is -1.42. The zero-order valence-corrected chi connectivity index (χ0v) is 11.8. The van der Waals surface area contributed by atoms with Crippen LogP contribution >= 0.6 is 0 Å². The first-order chi connectivity index (χ1) is 9.00. The second-order valence-corrected chi connectivity index (χ2v) is 6.15. The minimum atomic E-state index is -0.301. The Labute approximate surface area is 114 Å². The summed E-state index contributed by atoms with van der Waals surface area (Å²) in [5, 5.41) is 3.07. The van der Waals surface area contributed by atoms with E-state index in [9.17, 15) is 4.79 Å². The number of carbonyl (C=O) groups excluding carboxylic acids is 1. The average Bonchev–Trinajstić information content (AvgIpc) is 2.37. The third kappa shape index (κ3) is 2.78. The predicted molar refractivity (Wildman–Crippen MR) is 75.6 cm³/mol. The molecule has 4 nitrogen and oxygen atoms in total. The highest BCUT2D eigenvalue weighted by Crippen LogP contribution is 2.40. The highest BCUT2D eigenvalue weighted by Gasteiger charge is 2.43. The number of rotatable bonds is 5. The van der Waals surface area contributed by atoms with Crippen LogP contribution in [0.5, 0.6) is 0 Å². The maximum Gasteiger partial charge on any atom is 0.227 e. The number of hydrogen-bond acceptors (Lipinski definition) is 3. The number of nitrogens with one attached hydrogen (secondary N) is 1. The second kappa shape index (κ2) is 5.29. The number of aromatic nitrogens is 1. The molecule has 0 atom stereocenters. The summed E-state index contributed by atoms with van der Waals surface area (Å²) in [6.45, 7) is 5.28. The van der Waals surface area contributed by atoms with E-state index in [1.54, 1.807) is 6.20 Å². The van der Waals surface area contributed by atoms with Gasteiger partial charge in [-0.25, -0.2) is 0 Å². The number of hydrogen-bond donors (Lipinski definition) is 2. The molecule has 2 rings (SSSR count). The maximum atomic E-state index is 12.2. The van der Waals surface area contributed by atoms with Gasteiger partial charge in [-0.05, 0) is 24.5 Å². The second-order valence-electron chi connectivity index (χ2n) is 6.15. The molecular weight excluding hydrogens is 238 g/mol. The van der Waals surface area contributed by atoms with E-state index in [0.717, 1.165) is 24.8 Å². The number of carbonyl (C=O) groups is 1. The van der Waals surface area contributed by atoms with Gasteiger partial charge in [-0.2, -0.15) is 0 Å². The van der Waals surface area contributed by atoms with Gasteiger partial charge in [-0.15, -0.1) is 0 Å². The zero-order chi connectivity index (χ0) is 13.9. The van der Waals surface area contributed by atoms with Crippen molar-refractivity contribution in [3.8, 4) is 0 Å². The molecule has 0 unspecified atom stereocenters. The van der Waals surface area contributed by atoms with Crippen molar-refractivity contribution in [3.05, 3.63) is 30.1 Å². The first-order valence-corrected chi connectivity index (χ1v) is 6.89. The van der Waals surface area contributed by atoms with Crippen molar-refractivity contribution < 1.29 is 4.79 Å². The SMILES string of the molecule is CC(C)(CNC(=O)C1(CN)CCC1)c1cccnc1. The van der Waals surface area contributed by atoms with Gasteiger partial charge in [0.15, 0.2) is 0 Å². The van der Waals surface area contributed by atoms with Crippen LogP contribution in [0.3, 0.4) is 0 Å². The van der Waals surface area contributed by atoms with Crippen molar-refractivity contribution in [2.75, 3.05) is 13.1 Å². The maximum absolute atomic E-state index is 12.2. The van der Waals surface area contributed by atoms with Crippen LogP contribution < -0.4 is 11.1 Å². The standard InChI is InChI=1S/C15H23N3O/c1-14(2,12-5-3-8-17-9-12)11-18-13(19)15(10-16)6-4-7-15/h3,5,8-9H,4,6-7,10-11,16H2,1-2H3,(H,18,19). The third-order valence-electron chi connectivity index (χ3n) is 4.32. The molecule has 104 valence electrons. The van der Waals surface area contributed by atoms with Crippen molar-refractivity contribution in [3.63, 3.8) is 0 Å². The lowest BCUT2D eigenvalue weighted by Crippen LogP contribution is -2.52. The Kier molecular flexibility index (Phi) is 3.90. The Morgan fingerprint density at radius 1 is 1.53 bits per heavy atom. The number of amides is 1. The Morgan fingerprint density at radius 3 is 2.74 bits per heavy atom. The average molecular weight is 261 g/mol. The smallest absolute Gasteiger partial charge is 0.227 e. The van der Waals surface area contributed by atoms with Gasteiger partial charge in [0, 0.05) is 30.9 Å². The van der Waals surface area contributed by atoms with Gasteiger partial charge in [0.25, 0.3) is 0 Å². The fourth-order valence-electron chi connectivity index (χ4n) is 2.48. The molecule has 0 bridgehead atoms. The minimum Gasteiger partial charge on any atom is -0.355 e. The first-order valence-electron chi connectivity index (χ1n) is 6.89. The lowest BCUT2D eigenvalue weighted by Gasteiger charge is -2.40. The van der Waals surface area contributed by atoms with E-state index in [1.165, 1.54) is 0 Å². The number of pyridine rings is 1. The molecule has 1 aromatic heterocycles. The zero-order valence-electron chi connectivity index (χ0n) is 11.8. The molecule has 1 heterocycles. The summed E-state index contributed by atoms with van der Waals surface area (Å²) in [5.41, 5.74) is 6.46. The van der Waals surface area contributed by atoms with E-state index in [4.69, 9.17) is 5.73 Å². The van der Waals surface area contributed by atoms with E-state index in [2.05, 4.69) is 24.1 Å². The molecule has 0 spiro atoms. The molecule has 0 saturated heterocycles. The number of nitrogens with two attached hydrogens (primary N) is 1. The summed E-state index contributed by atoms with van der Waals surface area (Å²) >= 11 is 0. The van der Waals surface area contributed by atoms with E-state index >= 15 is 0 Å². The molecule has 1 saturated carbocycles. The third-order valence-corrected chi connectivity index (χ3v) is 4.32. The summed E-state index contributed by atoms with van der Waals surface area (Å²) in [5.74, 6) is 0.109. The van der Waals surface area contributed by atoms with Gasteiger partial charge in [0.05, 0.1) is 5.41 Å². The van der Waals surface area contributed by atoms with Crippen molar-refractivity contribution in [1.29, 1.82) is 0 Å². The largest absolute Gasteiger partial charge is 0.355 e. The van der Waals surface area contributed by atoms with Crippen LogP contribution in [0, 0.1) is 5.41 Å². The van der Waals surface area contributed by atoms with E-state index in [-0.39, 0.29) is 16.7 Å². The highest BCUT2D eigenvalue weighted by atomic mass is 16.2. The van der Waals surface area contributed by atoms with Crippen LogP contribution in [0.25, 0.3) is 0 Å². The van der Waals surface area contributed by atoms with Gasteiger partial charge in [-0.1, -0.05) is 26.3 Å². The quantitative estimate of drug-likeness (QED) is 0.846. The van der Waals surface area contributed by atoms with Crippen molar-refractivity contribution >= 4 is 5.91 Å². The van der Waals surface area contributed by atoms with E-state index < -0.39 is 0 Å². The first kappa shape index (κ1) is 14.0. The minimum absolute atomic E-state index is 0.109. The highest BCUT2D eigenvalue weighted by molar-refractivity contribution is 5.83. The van der Waals surface area contributed by atoms with E-state index in [0.29, 0.717) is 13.1 Å². The number of nitrogens with zero attached hydrogens (tertiary/aromatic N) is 1. The fourth-order valence-corrected chi connectivity index (χ4v) is 2.48. The molecule has 1 aliphatic rings. The van der Waals surface area contributed by atoms with Crippen LogP contribution in [0.2, 0.25) is 0 Å².